The highest BCUT2D eigenvalue weighted by molar-refractivity contribution is 7.99. The molecule has 0 N–H and O–H groups in total. The summed E-state index contributed by atoms with van der Waals surface area (Å²) in [7, 11) is 0. The van der Waals surface area contributed by atoms with Crippen LogP contribution in [0.2, 0.25) is 0 Å². The third-order valence-electron chi connectivity index (χ3n) is 17.2. The average molecular weight is 796 g/mol. The number of nitrogens with zero attached hydrogens (tertiary/aromatic N) is 1. The zero-order valence-corrected chi connectivity index (χ0v) is 36.2. The van der Waals surface area contributed by atoms with Crippen LogP contribution in [-0.2, 0) is 16.2 Å². The van der Waals surface area contributed by atoms with E-state index in [-0.39, 0.29) is 16.2 Å². The zero-order chi connectivity index (χ0) is 40.2. The fourth-order valence-corrected chi connectivity index (χ4v) is 15.6. The Morgan fingerprint density at radius 1 is 0.467 bits per heavy atom. The predicted molar refractivity (Wildman–Crippen MR) is 251 cm³/mol. The molecule has 4 saturated carbocycles. The maximum absolute atomic E-state index is 2.63. The van der Waals surface area contributed by atoms with Crippen LogP contribution in [0, 0.1) is 29.1 Å². The smallest absolute Gasteiger partial charge is 0.0464 e. The van der Waals surface area contributed by atoms with Crippen molar-refractivity contribution in [3.05, 3.63) is 174 Å². The van der Waals surface area contributed by atoms with Gasteiger partial charge in [-0.1, -0.05) is 130 Å². The lowest BCUT2D eigenvalue weighted by Gasteiger charge is -2.78. The highest BCUT2D eigenvalue weighted by Crippen LogP contribution is 2.89. The van der Waals surface area contributed by atoms with Crippen molar-refractivity contribution in [2.24, 2.45) is 29.1 Å². The van der Waals surface area contributed by atoms with Gasteiger partial charge in [0.15, 0.2) is 0 Å². The Bertz CT molecular complexity index is 2900. The first-order valence-electron chi connectivity index (χ1n) is 22.7. The van der Waals surface area contributed by atoms with Crippen molar-refractivity contribution < 1.29 is 0 Å². The van der Waals surface area contributed by atoms with Gasteiger partial charge in [-0.05, 0) is 194 Å². The van der Waals surface area contributed by atoms with Crippen LogP contribution in [0.1, 0.15) is 88.5 Å². The van der Waals surface area contributed by atoms with Gasteiger partial charge in [-0.15, -0.1) is 0 Å². The molecule has 5 aliphatic carbocycles. The normalized spacial score (nSPS) is 27.9. The molecule has 7 aromatic rings. The lowest BCUT2D eigenvalue weighted by atomic mass is 9.26. The van der Waals surface area contributed by atoms with Crippen LogP contribution in [0.25, 0.3) is 33.0 Å². The Labute approximate surface area is 360 Å². The van der Waals surface area contributed by atoms with E-state index >= 15 is 0 Å². The zero-order valence-electron chi connectivity index (χ0n) is 35.3. The molecule has 1 aliphatic heterocycles. The molecule has 1 nitrogen and oxygen atoms in total. The molecule has 0 aromatic heterocycles. The second-order valence-corrected chi connectivity index (χ2v) is 21.9. The van der Waals surface area contributed by atoms with Crippen LogP contribution >= 0.6 is 11.8 Å². The van der Waals surface area contributed by atoms with E-state index in [0.717, 1.165) is 23.7 Å². The number of hydrogen-bond donors (Lipinski definition) is 0. The van der Waals surface area contributed by atoms with Gasteiger partial charge in [0.25, 0.3) is 0 Å². The minimum absolute atomic E-state index is 0.122. The lowest BCUT2D eigenvalue weighted by Crippen LogP contribution is -2.74. The average Bonchev–Trinajstić information content (AvgIpc) is 3.81. The van der Waals surface area contributed by atoms with Crippen molar-refractivity contribution in [3.8, 4) is 22.3 Å². The maximum Gasteiger partial charge on any atom is 0.0464 e. The van der Waals surface area contributed by atoms with Crippen molar-refractivity contribution in [2.75, 3.05) is 4.90 Å². The summed E-state index contributed by atoms with van der Waals surface area (Å²) >= 11 is 2.01. The van der Waals surface area contributed by atoms with Gasteiger partial charge in [-0.2, -0.15) is 0 Å². The van der Waals surface area contributed by atoms with Gasteiger partial charge in [-0.25, -0.2) is 0 Å². The van der Waals surface area contributed by atoms with E-state index in [1.807, 2.05) is 11.8 Å². The van der Waals surface area contributed by atoms with Gasteiger partial charge < -0.3 is 4.90 Å². The number of fused-ring (bicyclic) bond motifs is 9. The molecular weight excluding hydrogens is 743 g/mol. The van der Waals surface area contributed by atoms with Crippen LogP contribution in [-0.4, -0.2) is 0 Å². The van der Waals surface area contributed by atoms with Gasteiger partial charge in [0.05, 0.1) is 0 Å². The molecule has 7 aromatic carbocycles. The Kier molecular flexibility index (Phi) is 7.31. The van der Waals surface area contributed by atoms with Crippen LogP contribution in [0.4, 0.5) is 17.1 Å². The Morgan fingerprint density at radius 3 is 1.82 bits per heavy atom. The van der Waals surface area contributed by atoms with E-state index < -0.39 is 0 Å². The van der Waals surface area contributed by atoms with E-state index in [4.69, 9.17) is 0 Å². The SMILES string of the molecule is CC1(C)CCC(C)(C)c2cc(N(c3ccc(-c4ccc5c(c4)C4(c6ccccc6S5)C5CC6CC7CC4[C@@]75C6)cc3)c3ccc(-c4ccc5ccccc5c4)cc3)ccc21. The van der Waals surface area contributed by atoms with Crippen molar-refractivity contribution in [1.82, 2.24) is 0 Å². The molecule has 5 unspecified atom stereocenters. The molecule has 2 spiro atoms. The Balaban J connectivity index is 0.896. The molecular formula is C58H53NS. The largest absolute Gasteiger partial charge is 0.310 e. The molecule has 0 radical (unpaired) electrons. The summed E-state index contributed by atoms with van der Waals surface area (Å²) in [6.45, 7) is 9.72. The Hall–Kier alpha value is -5.05. The molecule has 2 heteroatoms. The monoisotopic (exact) mass is 795 g/mol. The van der Waals surface area contributed by atoms with Crippen LogP contribution in [0.15, 0.2) is 161 Å². The summed E-state index contributed by atoms with van der Waals surface area (Å²) in [5, 5.41) is 2.55. The number of benzene rings is 7. The topological polar surface area (TPSA) is 3.24 Å². The van der Waals surface area contributed by atoms with Crippen molar-refractivity contribution in [2.45, 2.75) is 92.3 Å². The molecule has 296 valence electrons. The minimum Gasteiger partial charge on any atom is -0.310 e. The number of hydrogen-bond acceptors (Lipinski definition) is 2. The summed E-state index contributed by atoms with van der Waals surface area (Å²) in [4.78, 5) is 5.48. The first kappa shape index (κ1) is 35.7. The summed E-state index contributed by atoms with van der Waals surface area (Å²) in [5.74, 6) is 3.55. The molecule has 0 saturated heterocycles. The van der Waals surface area contributed by atoms with Gasteiger partial charge >= 0.3 is 0 Å². The maximum atomic E-state index is 2.63. The number of rotatable bonds is 5. The summed E-state index contributed by atoms with van der Waals surface area (Å²) in [6.07, 6.45) is 8.28. The predicted octanol–water partition coefficient (Wildman–Crippen LogP) is 15.8. The highest BCUT2D eigenvalue weighted by Gasteiger charge is 2.84. The van der Waals surface area contributed by atoms with Gasteiger partial charge in [0.1, 0.15) is 0 Å². The van der Waals surface area contributed by atoms with Crippen molar-refractivity contribution >= 4 is 39.6 Å². The van der Waals surface area contributed by atoms with E-state index in [0.29, 0.717) is 5.41 Å². The molecule has 0 amide bonds. The van der Waals surface area contributed by atoms with Crippen LogP contribution in [0.5, 0.6) is 0 Å². The van der Waals surface area contributed by atoms with E-state index in [9.17, 15) is 0 Å². The first-order chi connectivity index (χ1) is 29.1. The molecule has 6 atom stereocenters. The minimum atomic E-state index is 0.122. The first-order valence-corrected chi connectivity index (χ1v) is 23.5. The molecule has 60 heavy (non-hydrogen) atoms. The molecule has 2 bridgehead atoms. The Morgan fingerprint density at radius 2 is 1.07 bits per heavy atom. The third kappa shape index (κ3) is 4.72. The highest BCUT2D eigenvalue weighted by atomic mass is 32.2. The van der Waals surface area contributed by atoms with E-state index in [2.05, 4.69) is 184 Å². The standard InChI is InChI=1S/C58H53NS/c1-55(2)27-28-56(3,4)49-34-46(24-25-47(49)55)59(44-20-15-38(16-21-44)41-14-13-37-9-5-6-10-40(37)31-41)45-22-17-39(18-23-45)42-19-26-52-50(32-42)58(48-11-7-8-12-51(48)60-52)53-30-36-29-43-33-54(58)57(43,53)35-36/h5-26,31-32,34,36,43,53-54H,27-30,33,35H2,1-4H3/t36?,43?,53?,54?,57-,58?/m0/s1. The number of anilines is 3. The summed E-state index contributed by atoms with van der Waals surface area (Å²) in [6, 6.07) is 58.5. The molecule has 13 rings (SSSR count). The van der Waals surface area contributed by atoms with Gasteiger partial charge in [0.2, 0.25) is 0 Å². The van der Waals surface area contributed by atoms with Gasteiger partial charge in [-0.3, -0.25) is 0 Å². The van der Waals surface area contributed by atoms with Crippen molar-refractivity contribution in [1.29, 1.82) is 0 Å². The van der Waals surface area contributed by atoms with Crippen LogP contribution in [0.3, 0.4) is 0 Å². The molecule has 1 heterocycles. The van der Waals surface area contributed by atoms with E-state index in [1.54, 1.807) is 11.1 Å². The lowest BCUT2D eigenvalue weighted by molar-refractivity contribution is -0.235. The summed E-state index contributed by atoms with van der Waals surface area (Å²) in [5.41, 5.74) is 16.1. The fraction of sp³-hybridized carbons (Fsp3) is 0.310. The molecule has 4 fully saturated rings. The van der Waals surface area contributed by atoms with Crippen molar-refractivity contribution in [3.63, 3.8) is 0 Å². The summed E-state index contributed by atoms with van der Waals surface area (Å²) < 4.78 is 0. The fourth-order valence-electron chi connectivity index (χ4n) is 14.4. The quantitative estimate of drug-likeness (QED) is 0.171. The van der Waals surface area contributed by atoms with Gasteiger partial charge in [0, 0.05) is 32.3 Å². The molecule has 6 aliphatic rings. The second kappa shape index (κ2) is 12.3. The third-order valence-corrected chi connectivity index (χ3v) is 18.4. The van der Waals surface area contributed by atoms with E-state index in [1.165, 1.54) is 110 Å². The van der Waals surface area contributed by atoms with Crippen LogP contribution < -0.4 is 4.90 Å². The second-order valence-electron chi connectivity index (χ2n) is 20.9.